The van der Waals surface area contributed by atoms with Crippen LogP contribution in [0.5, 0.6) is 0 Å². The van der Waals surface area contributed by atoms with E-state index in [2.05, 4.69) is 65.8 Å². The lowest BCUT2D eigenvalue weighted by atomic mass is 10.1. The van der Waals surface area contributed by atoms with Crippen molar-refractivity contribution in [3.63, 3.8) is 0 Å². The summed E-state index contributed by atoms with van der Waals surface area (Å²) < 4.78 is 0. The van der Waals surface area contributed by atoms with E-state index in [1.165, 1.54) is 68.1 Å². The van der Waals surface area contributed by atoms with Gasteiger partial charge in [-0.3, -0.25) is 0 Å². The molecule has 0 aromatic heterocycles. The zero-order valence-electron chi connectivity index (χ0n) is 16.0. The van der Waals surface area contributed by atoms with Gasteiger partial charge >= 0.3 is 0 Å². The first-order valence-corrected chi connectivity index (χ1v) is 9.06. The maximum Gasteiger partial charge on any atom is -0.0288 e. The van der Waals surface area contributed by atoms with Crippen molar-refractivity contribution >= 4 is 0 Å². The molecule has 0 saturated heterocycles. The summed E-state index contributed by atoms with van der Waals surface area (Å²) in [5, 5.41) is 0. The molecule has 0 amide bonds. The summed E-state index contributed by atoms with van der Waals surface area (Å²) in [6.07, 6.45) is 19.2. The molecule has 0 heteroatoms. The third kappa shape index (κ3) is 13.9. The van der Waals surface area contributed by atoms with E-state index >= 15 is 0 Å². The van der Waals surface area contributed by atoms with Gasteiger partial charge in [0.25, 0.3) is 0 Å². The smallest absolute Gasteiger partial charge is 0.0288 e. The quantitative estimate of drug-likeness (QED) is 0.268. The molecule has 0 aliphatic heterocycles. The van der Waals surface area contributed by atoms with Gasteiger partial charge in [-0.25, -0.2) is 0 Å². The van der Waals surface area contributed by atoms with Gasteiger partial charge in [0, 0.05) is 0 Å². The summed E-state index contributed by atoms with van der Waals surface area (Å²) in [6, 6.07) is 0. The Bertz CT molecular complexity index is 398. The summed E-state index contributed by atoms with van der Waals surface area (Å²) in [5.74, 6) is 0. The van der Waals surface area contributed by atoms with Crippen molar-refractivity contribution in [1.82, 2.24) is 0 Å². The van der Waals surface area contributed by atoms with Gasteiger partial charge in [0.1, 0.15) is 0 Å². The highest BCUT2D eigenvalue weighted by atomic mass is 14.0. The van der Waals surface area contributed by atoms with Crippen molar-refractivity contribution in [3.8, 4) is 0 Å². The van der Waals surface area contributed by atoms with Crippen LogP contribution in [0.4, 0.5) is 0 Å². The first kappa shape index (κ1) is 21.0. The summed E-state index contributed by atoms with van der Waals surface area (Å²) in [7, 11) is 0. The predicted octanol–water partition coefficient (Wildman–Crippen LogP) is 7.93. The van der Waals surface area contributed by atoms with Crippen molar-refractivity contribution in [3.05, 3.63) is 46.6 Å². The molecule has 0 N–H and O–H groups in total. The van der Waals surface area contributed by atoms with Crippen molar-refractivity contribution < 1.29 is 0 Å². The van der Waals surface area contributed by atoms with Gasteiger partial charge in [-0.15, -0.1) is 0 Å². The minimum Gasteiger partial charge on any atom is -0.0856 e. The normalized spacial score (nSPS) is 13.5. The molecule has 0 spiro atoms. The molecule has 0 rings (SSSR count). The summed E-state index contributed by atoms with van der Waals surface area (Å²) >= 11 is 0. The third-order valence-corrected chi connectivity index (χ3v) is 3.92. The Hall–Kier alpha value is -1.04. The van der Waals surface area contributed by atoms with Crippen LogP contribution >= 0.6 is 0 Å². The highest BCUT2D eigenvalue weighted by molar-refractivity contribution is 5.06. The molecular weight excluding hydrogens is 264 g/mol. The molecule has 0 aliphatic carbocycles. The molecular formula is C22H38. The van der Waals surface area contributed by atoms with Crippen LogP contribution < -0.4 is 0 Å². The molecule has 22 heavy (non-hydrogen) atoms. The molecule has 0 nitrogen and oxygen atoms in total. The molecule has 0 heterocycles. The molecule has 0 atom stereocenters. The van der Waals surface area contributed by atoms with Crippen molar-refractivity contribution in [2.24, 2.45) is 0 Å². The molecule has 0 aliphatic rings. The number of unbranched alkanes of at least 4 members (excludes halogenated alkanes) is 1. The Morgan fingerprint density at radius 2 is 0.955 bits per heavy atom. The average Bonchev–Trinajstić information content (AvgIpc) is 2.43. The minimum atomic E-state index is 1.18. The van der Waals surface area contributed by atoms with Crippen LogP contribution in [0.25, 0.3) is 0 Å². The fraction of sp³-hybridized carbons (Fsp3) is 0.636. The van der Waals surface area contributed by atoms with Gasteiger partial charge in [-0.2, -0.15) is 0 Å². The van der Waals surface area contributed by atoms with Crippen LogP contribution in [0, 0.1) is 0 Å². The first-order chi connectivity index (χ1) is 10.5. The fourth-order valence-corrected chi connectivity index (χ4v) is 2.49. The maximum absolute atomic E-state index is 2.42. The first-order valence-electron chi connectivity index (χ1n) is 9.06. The lowest BCUT2D eigenvalue weighted by Gasteiger charge is -2.02. The Labute approximate surface area is 140 Å². The van der Waals surface area contributed by atoms with Crippen LogP contribution in [0.15, 0.2) is 46.6 Å². The third-order valence-electron chi connectivity index (χ3n) is 3.92. The van der Waals surface area contributed by atoms with Gasteiger partial charge in [0.2, 0.25) is 0 Å². The van der Waals surface area contributed by atoms with E-state index in [0.29, 0.717) is 0 Å². The van der Waals surface area contributed by atoms with Crippen LogP contribution in [0.2, 0.25) is 0 Å². The van der Waals surface area contributed by atoms with Crippen molar-refractivity contribution in [2.75, 3.05) is 0 Å². The Morgan fingerprint density at radius 3 is 1.41 bits per heavy atom. The zero-order chi connectivity index (χ0) is 16.8. The molecule has 0 aromatic carbocycles. The van der Waals surface area contributed by atoms with Gasteiger partial charge in [0.05, 0.1) is 0 Å². The Morgan fingerprint density at radius 1 is 0.545 bits per heavy atom. The van der Waals surface area contributed by atoms with Gasteiger partial charge < -0.3 is 0 Å². The van der Waals surface area contributed by atoms with E-state index in [-0.39, 0.29) is 0 Å². The second-order valence-electron chi connectivity index (χ2n) is 6.84. The molecule has 0 saturated carbocycles. The van der Waals surface area contributed by atoms with Gasteiger partial charge in [-0.05, 0) is 79.6 Å². The van der Waals surface area contributed by atoms with Crippen LogP contribution in [0.1, 0.15) is 92.9 Å². The molecule has 0 fully saturated rings. The van der Waals surface area contributed by atoms with E-state index in [9.17, 15) is 0 Å². The second kappa shape index (κ2) is 13.6. The van der Waals surface area contributed by atoms with Gasteiger partial charge in [-0.1, -0.05) is 59.9 Å². The zero-order valence-corrected chi connectivity index (χ0v) is 16.0. The van der Waals surface area contributed by atoms with Crippen LogP contribution in [0.3, 0.4) is 0 Å². The lowest BCUT2D eigenvalue weighted by molar-refractivity contribution is 0.882. The van der Waals surface area contributed by atoms with E-state index in [1.54, 1.807) is 5.57 Å². The maximum atomic E-state index is 2.42. The van der Waals surface area contributed by atoms with E-state index in [0.717, 1.165) is 0 Å². The molecule has 0 bridgehead atoms. The highest BCUT2D eigenvalue weighted by Crippen LogP contribution is 2.13. The second-order valence-corrected chi connectivity index (χ2v) is 6.84. The standard InChI is InChI=1S/C22H38/c1-7-12-20(4)14-8-9-15-21(5)17-11-18-22(6)16-10-13-19(2)3/h13-15,18H,7-12,16-17H2,1-6H3/b20-14+,21-15+,22-18+. The Balaban J connectivity index is 3.92. The minimum absolute atomic E-state index is 1.18. The van der Waals surface area contributed by atoms with E-state index < -0.39 is 0 Å². The van der Waals surface area contributed by atoms with Crippen molar-refractivity contribution in [2.45, 2.75) is 92.9 Å². The molecule has 126 valence electrons. The van der Waals surface area contributed by atoms with Crippen LogP contribution in [-0.4, -0.2) is 0 Å². The monoisotopic (exact) mass is 302 g/mol. The number of hydrogen-bond acceptors (Lipinski definition) is 0. The highest BCUT2D eigenvalue weighted by Gasteiger charge is 1.92. The molecule has 0 radical (unpaired) electrons. The summed E-state index contributed by atoms with van der Waals surface area (Å²) in [4.78, 5) is 0. The fourth-order valence-electron chi connectivity index (χ4n) is 2.49. The largest absolute Gasteiger partial charge is 0.0856 e. The molecule has 0 aromatic rings. The molecule has 0 unspecified atom stereocenters. The SMILES string of the molecule is CCC/C(C)=C/CC/C=C(\C)CC/C=C(\C)CCC=C(C)C. The van der Waals surface area contributed by atoms with E-state index in [1.807, 2.05) is 0 Å². The number of allylic oxidation sites excluding steroid dienone is 8. The Kier molecular flexibility index (Phi) is 13.0. The number of hydrogen-bond donors (Lipinski definition) is 0. The van der Waals surface area contributed by atoms with Crippen LogP contribution in [-0.2, 0) is 0 Å². The summed E-state index contributed by atoms with van der Waals surface area (Å²) in [5.41, 5.74) is 6.04. The predicted molar refractivity (Wildman–Crippen MR) is 103 cm³/mol. The lowest BCUT2D eigenvalue weighted by Crippen LogP contribution is -1.81. The van der Waals surface area contributed by atoms with Crippen molar-refractivity contribution in [1.29, 1.82) is 0 Å². The van der Waals surface area contributed by atoms with Gasteiger partial charge in [0.15, 0.2) is 0 Å². The number of rotatable bonds is 11. The topological polar surface area (TPSA) is 0 Å². The average molecular weight is 303 g/mol. The van der Waals surface area contributed by atoms with E-state index in [4.69, 9.17) is 0 Å². The summed E-state index contributed by atoms with van der Waals surface area (Å²) in [6.45, 7) is 13.4.